The number of carboxylic acids is 1. The summed E-state index contributed by atoms with van der Waals surface area (Å²) in [6, 6.07) is 4.69. The summed E-state index contributed by atoms with van der Waals surface area (Å²) in [7, 11) is 0. The van der Waals surface area contributed by atoms with Crippen molar-refractivity contribution in [2.75, 3.05) is 13.1 Å². The highest BCUT2D eigenvalue weighted by molar-refractivity contribution is 5.77. The molecule has 0 aromatic heterocycles. The molecule has 5 nitrogen and oxygen atoms in total. The van der Waals surface area contributed by atoms with Gasteiger partial charge in [0.05, 0.1) is 18.4 Å². The van der Waals surface area contributed by atoms with E-state index < -0.39 is 36.6 Å². The molecular weight excluding hydrogens is 325 g/mol. The number of carbonyl (C=O) groups is 2. The lowest BCUT2D eigenvalue weighted by Gasteiger charge is -2.25. The van der Waals surface area contributed by atoms with Gasteiger partial charge in [-0.3, -0.25) is 4.79 Å². The van der Waals surface area contributed by atoms with Crippen molar-refractivity contribution in [2.45, 2.75) is 32.0 Å². The van der Waals surface area contributed by atoms with Crippen LogP contribution in [-0.2, 0) is 4.79 Å². The van der Waals surface area contributed by atoms with E-state index in [-0.39, 0.29) is 13.1 Å². The second kappa shape index (κ2) is 7.11. The van der Waals surface area contributed by atoms with Crippen LogP contribution in [0.25, 0.3) is 0 Å². The molecule has 8 heteroatoms. The smallest absolute Gasteiger partial charge is 0.391 e. The molecule has 1 aromatic rings. The number of likely N-dealkylation sites (tertiary alicyclic amines) is 1. The van der Waals surface area contributed by atoms with Crippen LogP contribution in [0, 0.1) is 12.8 Å². The van der Waals surface area contributed by atoms with E-state index >= 15 is 0 Å². The van der Waals surface area contributed by atoms with Gasteiger partial charge in [-0.1, -0.05) is 24.3 Å². The van der Waals surface area contributed by atoms with Crippen LogP contribution in [-0.4, -0.2) is 41.3 Å². The first-order chi connectivity index (χ1) is 11.2. The molecule has 1 fully saturated rings. The van der Waals surface area contributed by atoms with E-state index in [9.17, 15) is 22.8 Å². The standard InChI is InChI=1S/C16H19F3N2O3/c1-10-4-2-3-5-12(10)13(8-16(17,18)19)20-15(24)21-7-6-11(9-21)14(22)23/h2-5,11,13H,6-9H2,1H3,(H,20,24)(H,22,23). The predicted molar refractivity (Wildman–Crippen MR) is 80.4 cm³/mol. The molecule has 2 atom stereocenters. The molecule has 1 aliphatic rings. The molecule has 2 rings (SSSR count). The van der Waals surface area contributed by atoms with Crippen molar-refractivity contribution < 1.29 is 27.9 Å². The van der Waals surface area contributed by atoms with E-state index in [1.165, 1.54) is 4.90 Å². The average Bonchev–Trinajstić information content (AvgIpc) is 2.95. The Morgan fingerprint density at radius 3 is 2.58 bits per heavy atom. The number of hydrogen-bond donors (Lipinski definition) is 2. The van der Waals surface area contributed by atoms with Crippen LogP contribution in [0.5, 0.6) is 0 Å². The van der Waals surface area contributed by atoms with Gasteiger partial charge < -0.3 is 15.3 Å². The lowest BCUT2D eigenvalue weighted by molar-refractivity contribution is -0.141. The van der Waals surface area contributed by atoms with Gasteiger partial charge in [-0.05, 0) is 24.5 Å². The number of amides is 2. The fraction of sp³-hybridized carbons (Fsp3) is 0.500. The van der Waals surface area contributed by atoms with Crippen LogP contribution >= 0.6 is 0 Å². The fourth-order valence-electron chi connectivity index (χ4n) is 2.83. The zero-order valence-corrected chi connectivity index (χ0v) is 13.1. The number of halogens is 3. The number of carboxylic acid groups (broad SMARTS) is 1. The third-order valence-corrected chi connectivity index (χ3v) is 4.12. The van der Waals surface area contributed by atoms with E-state index in [1.54, 1.807) is 31.2 Å². The molecule has 2 N–H and O–H groups in total. The maximum absolute atomic E-state index is 12.9. The molecule has 2 amide bonds. The summed E-state index contributed by atoms with van der Waals surface area (Å²) in [4.78, 5) is 24.4. The molecule has 1 aromatic carbocycles. The number of aryl methyl sites for hydroxylation is 1. The van der Waals surface area contributed by atoms with Crippen molar-refractivity contribution in [2.24, 2.45) is 5.92 Å². The largest absolute Gasteiger partial charge is 0.481 e. The number of hydrogen-bond acceptors (Lipinski definition) is 2. The van der Waals surface area contributed by atoms with Crippen molar-refractivity contribution in [1.82, 2.24) is 10.2 Å². The van der Waals surface area contributed by atoms with Gasteiger partial charge in [-0.2, -0.15) is 13.2 Å². The lowest BCUT2D eigenvalue weighted by atomic mass is 9.98. The van der Waals surface area contributed by atoms with Crippen molar-refractivity contribution in [1.29, 1.82) is 0 Å². The van der Waals surface area contributed by atoms with Crippen LogP contribution < -0.4 is 5.32 Å². The Morgan fingerprint density at radius 1 is 1.38 bits per heavy atom. The zero-order chi connectivity index (χ0) is 17.9. The summed E-state index contributed by atoms with van der Waals surface area (Å²) >= 11 is 0. The number of nitrogens with zero attached hydrogens (tertiary/aromatic N) is 1. The summed E-state index contributed by atoms with van der Waals surface area (Å²) in [5.41, 5.74) is 1.05. The first kappa shape index (κ1) is 18.1. The molecule has 0 aliphatic carbocycles. The normalized spacial score (nSPS) is 19.2. The molecular formula is C16H19F3N2O3. The molecule has 0 bridgehead atoms. The number of benzene rings is 1. The highest BCUT2D eigenvalue weighted by atomic mass is 19.4. The molecule has 1 aliphatic heterocycles. The Bertz CT molecular complexity index is 619. The van der Waals surface area contributed by atoms with E-state index in [1.807, 2.05) is 0 Å². The monoisotopic (exact) mass is 344 g/mol. The number of alkyl halides is 3. The molecule has 0 spiro atoms. The first-order valence-corrected chi connectivity index (χ1v) is 7.58. The van der Waals surface area contributed by atoms with Crippen LogP contribution in [0.15, 0.2) is 24.3 Å². The molecule has 0 saturated carbocycles. The molecule has 132 valence electrons. The predicted octanol–water partition coefficient (Wildman–Crippen LogP) is 3.10. The second-order valence-corrected chi connectivity index (χ2v) is 5.95. The van der Waals surface area contributed by atoms with Gasteiger partial charge in [0.1, 0.15) is 0 Å². The third-order valence-electron chi connectivity index (χ3n) is 4.12. The topological polar surface area (TPSA) is 69.6 Å². The number of urea groups is 1. The van der Waals surface area contributed by atoms with Crippen LogP contribution in [0.2, 0.25) is 0 Å². The van der Waals surface area contributed by atoms with E-state index in [0.29, 0.717) is 17.5 Å². The Morgan fingerprint density at radius 2 is 2.04 bits per heavy atom. The third kappa shape index (κ3) is 4.62. The fourth-order valence-corrected chi connectivity index (χ4v) is 2.83. The van der Waals surface area contributed by atoms with Crippen molar-refractivity contribution >= 4 is 12.0 Å². The Hall–Kier alpha value is -2.25. The Balaban J connectivity index is 2.12. The minimum Gasteiger partial charge on any atom is -0.481 e. The van der Waals surface area contributed by atoms with Gasteiger partial charge in [0.15, 0.2) is 0 Å². The summed E-state index contributed by atoms with van der Waals surface area (Å²) < 4.78 is 38.6. The van der Waals surface area contributed by atoms with Crippen molar-refractivity contribution in [3.8, 4) is 0 Å². The molecule has 1 saturated heterocycles. The summed E-state index contributed by atoms with van der Waals surface area (Å²) in [5, 5.41) is 11.4. The molecule has 2 unspecified atom stereocenters. The van der Waals surface area contributed by atoms with Crippen LogP contribution in [0.4, 0.5) is 18.0 Å². The molecule has 24 heavy (non-hydrogen) atoms. The maximum Gasteiger partial charge on any atom is 0.391 e. The SMILES string of the molecule is Cc1ccccc1C(CC(F)(F)F)NC(=O)N1CCC(C(=O)O)C1. The number of rotatable bonds is 4. The molecule has 0 radical (unpaired) electrons. The summed E-state index contributed by atoms with van der Waals surface area (Å²) in [6.07, 6.45) is -5.31. The van der Waals surface area contributed by atoms with E-state index in [0.717, 1.165) is 0 Å². The van der Waals surface area contributed by atoms with Gasteiger partial charge in [0.25, 0.3) is 0 Å². The molecule has 1 heterocycles. The minimum atomic E-state index is -4.44. The maximum atomic E-state index is 12.9. The zero-order valence-electron chi connectivity index (χ0n) is 13.1. The van der Waals surface area contributed by atoms with Gasteiger partial charge in [-0.25, -0.2) is 4.79 Å². The van der Waals surface area contributed by atoms with Gasteiger partial charge >= 0.3 is 18.2 Å². The summed E-state index contributed by atoms with van der Waals surface area (Å²) in [6.45, 7) is 1.91. The van der Waals surface area contributed by atoms with Crippen molar-refractivity contribution in [3.63, 3.8) is 0 Å². The van der Waals surface area contributed by atoms with E-state index in [4.69, 9.17) is 5.11 Å². The highest BCUT2D eigenvalue weighted by Gasteiger charge is 2.36. The Kier molecular flexibility index (Phi) is 5.36. The van der Waals surface area contributed by atoms with Crippen LogP contribution in [0.3, 0.4) is 0 Å². The second-order valence-electron chi connectivity index (χ2n) is 5.95. The highest BCUT2D eigenvalue weighted by Crippen LogP contribution is 2.31. The van der Waals surface area contributed by atoms with Crippen molar-refractivity contribution in [3.05, 3.63) is 35.4 Å². The van der Waals surface area contributed by atoms with Gasteiger partial charge in [0, 0.05) is 13.1 Å². The average molecular weight is 344 g/mol. The van der Waals surface area contributed by atoms with Gasteiger partial charge in [-0.15, -0.1) is 0 Å². The number of carbonyl (C=O) groups excluding carboxylic acids is 1. The lowest BCUT2D eigenvalue weighted by Crippen LogP contribution is -2.42. The quantitative estimate of drug-likeness (QED) is 0.882. The van der Waals surface area contributed by atoms with Crippen LogP contribution in [0.1, 0.15) is 30.0 Å². The minimum absolute atomic E-state index is 0.00762. The van der Waals surface area contributed by atoms with Gasteiger partial charge in [0.2, 0.25) is 0 Å². The number of aliphatic carboxylic acids is 1. The number of nitrogens with one attached hydrogen (secondary N) is 1. The first-order valence-electron chi connectivity index (χ1n) is 7.58. The van der Waals surface area contributed by atoms with E-state index in [2.05, 4.69) is 5.32 Å². The summed E-state index contributed by atoms with van der Waals surface area (Å²) in [5.74, 6) is -1.67. The Labute approximate surface area is 137 Å².